The number of morpholine rings is 1. The largest absolute Gasteiger partial charge is 0.399 e. The summed E-state index contributed by atoms with van der Waals surface area (Å²) in [4.78, 5) is 18.7. The number of carbonyl (C=O) groups excluding carboxylic acids is 1. The predicted octanol–water partition coefficient (Wildman–Crippen LogP) is 2.52. The van der Waals surface area contributed by atoms with Crippen LogP contribution in [0, 0.1) is 0 Å². The highest BCUT2D eigenvalue weighted by Crippen LogP contribution is 2.29. The Kier molecular flexibility index (Phi) is 4.78. The Labute approximate surface area is 142 Å². The summed E-state index contributed by atoms with van der Waals surface area (Å²) in [6.45, 7) is 2.91. The second-order valence-electron chi connectivity index (χ2n) is 5.22. The summed E-state index contributed by atoms with van der Waals surface area (Å²) in [6, 6.07) is 7.26. The van der Waals surface area contributed by atoms with Crippen LogP contribution in [0.4, 0.5) is 17.1 Å². The first kappa shape index (κ1) is 15.8. The van der Waals surface area contributed by atoms with Gasteiger partial charge in [-0.1, -0.05) is 0 Å². The Morgan fingerprint density at radius 3 is 2.78 bits per heavy atom. The van der Waals surface area contributed by atoms with Gasteiger partial charge in [-0.3, -0.25) is 9.78 Å². The summed E-state index contributed by atoms with van der Waals surface area (Å²) in [6.07, 6.45) is 3.16. The monoisotopic (exact) mass is 376 g/mol. The van der Waals surface area contributed by atoms with Gasteiger partial charge < -0.3 is 20.7 Å². The standard InChI is InChI=1S/C16H17BrN4O2/c17-12-7-11(9-19-10-12)16(22)20-14-8-13(18)1-2-15(14)21-3-5-23-6-4-21/h1-2,7-10H,3-6,18H2,(H,20,22). The number of nitrogens with two attached hydrogens (primary N) is 1. The predicted molar refractivity (Wildman–Crippen MR) is 93.8 cm³/mol. The maximum Gasteiger partial charge on any atom is 0.257 e. The van der Waals surface area contributed by atoms with Gasteiger partial charge in [0.05, 0.1) is 30.2 Å². The molecule has 6 nitrogen and oxygen atoms in total. The number of carbonyl (C=O) groups is 1. The molecule has 3 N–H and O–H groups in total. The van der Waals surface area contributed by atoms with Crippen LogP contribution in [0.3, 0.4) is 0 Å². The van der Waals surface area contributed by atoms with Crippen LogP contribution in [-0.4, -0.2) is 37.2 Å². The highest BCUT2D eigenvalue weighted by molar-refractivity contribution is 9.10. The summed E-state index contributed by atoms with van der Waals surface area (Å²) in [5, 5.41) is 2.93. The molecule has 2 heterocycles. The number of rotatable bonds is 3. The Balaban J connectivity index is 1.86. The van der Waals surface area contributed by atoms with E-state index in [1.54, 1.807) is 18.3 Å². The molecule has 0 aliphatic carbocycles. The van der Waals surface area contributed by atoms with Gasteiger partial charge in [-0.15, -0.1) is 0 Å². The van der Waals surface area contributed by atoms with Gasteiger partial charge in [0.25, 0.3) is 5.91 Å². The molecule has 1 saturated heterocycles. The molecule has 3 rings (SSSR count). The maximum absolute atomic E-state index is 12.5. The Morgan fingerprint density at radius 2 is 2.04 bits per heavy atom. The van der Waals surface area contributed by atoms with E-state index in [0.717, 1.165) is 23.2 Å². The van der Waals surface area contributed by atoms with Gasteiger partial charge in [0.15, 0.2) is 0 Å². The average Bonchev–Trinajstić information content (AvgIpc) is 2.56. The lowest BCUT2D eigenvalue weighted by Gasteiger charge is -2.30. The molecule has 0 spiro atoms. The molecule has 0 radical (unpaired) electrons. The fraction of sp³-hybridized carbons (Fsp3) is 0.250. The number of nitrogen functional groups attached to an aromatic ring is 1. The molecule has 0 atom stereocenters. The van der Waals surface area contributed by atoms with E-state index in [0.29, 0.717) is 30.2 Å². The van der Waals surface area contributed by atoms with E-state index < -0.39 is 0 Å². The zero-order chi connectivity index (χ0) is 16.2. The SMILES string of the molecule is Nc1ccc(N2CCOCC2)c(NC(=O)c2cncc(Br)c2)c1. The van der Waals surface area contributed by atoms with Gasteiger partial charge in [-0.2, -0.15) is 0 Å². The van der Waals surface area contributed by atoms with Crippen molar-refractivity contribution in [3.05, 3.63) is 46.7 Å². The number of nitrogens with one attached hydrogen (secondary N) is 1. The summed E-state index contributed by atoms with van der Waals surface area (Å²) < 4.78 is 6.14. The van der Waals surface area contributed by atoms with Gasteiger partial charge in [0, 0.05) is 35.6 Å². The smallest absolute Gasteiger partial charge is 0.257 e. The Morgan fingerprint density at radius 1 is 1.26 bits per heavy atom. The van der Waals surface area contributed by atoms with Crippen LogP contribution in [0.2, 0.25) is 0 Å². The molecule has 1 fully saturated rings. The quantitative estimate of drug-likeness (QED) is 0.804. The first-order valence-electron chi connectivity index (χ1n) is 7.27. The Bertz CT molecular complexity index is 717. The van der Waals surface area contributed by atoms with Crippen LogP contribution >= 0.6 is 15.9 Å². The number of anilines is 3. The lowest BCUT2D eigenvalue weighted by Crippen LogP contribution is -2.36. The van der Waals surface area contributed by atoms with Crippen molar-refractivity contribution in [2.24, 2.45) is 0 Å². The summed E-state index contributed by atoms with van der Waals surface area (Å²) in [5.41, 5.74) is 8.60. The number of ether oxygens (including phenoxy) is 1. The van der Waals surface area contributed by atoms with E-state index in [2.05, 4.69) is 31.1 Å². The van der Waals surface area contributed by atoms with Gasteiger partial charge in [-0.25, -0.2) is 0 Å². The van der Waals surface area contributed by atoms with Gasteiger partial charge in [-0.05, 0) is 40.2 Å². The van der Waals surface area contributed by atoms with Crippen molar-refractivity contribution >= 4 is 38.9 Å². The van der Waals surface area contributed by atoms with Crippen LogP contribution in [0.5, 0.6) is 0 Å². The number of aromatic nitrogens is 1. The molecule has 0 bridgehead atoms. The third-order valence-electron chi connectivity index (χ3n) is 3.59. The van der Waals surface area contributed by atoms with Gasteiger partial charge in [0.1, 0.15) is 0 Å². The van der Waals surface area contributed by atoms with Crippen molar-refractivity contribution < 1.29 is 9.53 Å². The third-order valence-corrected chi connectivity index (χ3v) is 4.02. The van der Waals surface area contributed by atoms with Gasteiger partial charge >= 0.3 is 0 Å². The fourth-order valence-electron chi connectivity index (χ4n) is 2.46. The van der Waals surface area contributed by atoms with Gasteiger partial charge in [0.2, 0.25) is 0 Å². The van der Waals surface area contributed by atoms with Crippen LogP contribution in [0.25, 0.3) is 0 Å². The molecule has 0 saturated carbocycles. The molecule has 1 aromatic carbocycles. The highest BCUT2D eigenvalue weighted by Gasteiger charge is 2.17. The number of halogens is 1. The van der Waals surface area contributed by atoms with Crippen LogP contribution in [-0.2, 0) is 4.74 Å². The molecular formula is C16H17BrN4O2. The first-order chi connectivity index (χ1) is 11.1. The normalized spacial score (nSPS) is 14.6. The Hall–Kier alpha value is -2.12. The van der Waals surface area contributed by atoms with E-state index in [1.165, 1.54) is 6.20 Å². The minimum absolute atomic E-state index is 0.223. The molecular weight excluding hydrogens is 360 g/mol. The van der Waals surface area contributed by atoms with Crippen molar-refractivity contribution in [3.8, 4) is 0 Å². The zero-order valence-corrected chi connectivity index (χ0v) is 14.0. The second-order valence-corrected chi connectivity index (χ2v) is 6.14. The molecule has 23 heavy (non-hydrogen) atoms. The molecule has 7 heteroatoms. The average molecular weight is 377 g/mol. The minimum atomic E-state index is -0.223. The number of hydrogen-bond donors (Lipinski definition) is 2. The fourth-order valence-corrected chi connectivity index (χ4v) is 2.83. The lowest BCUT2D eigenvalue weighted by molar-refractivity contribution is 0.102. The van der Waals surface area contributed by atoms with E-state index in [-0.39, 0.29) is 5.91 Å². The number of benzene rings is 1. The molecule has 1 amide bonds. The van der Waals surface area contributed by atoms with Crippen LogP contribution in [0.1, 0.15) is 10.4 Å². The topological polar surface area (TPSA) is 80.5 Å². The van der Waals surface area contributed by atoms with Crippen molar-refractivity contribution in [1.29, 1.82) is 0 Å². The summed E-state index contributed by atoms with van der Waals surface area (Å²) >= 11 is 3.32. The molecule has 0 unspecified atom stereocenters. The number of nitrogens with zero attached hydrogens (tertiary/aromatic N) is 2. The number of pyridine rings is 1. The molecule has 2 aromatic rings. The maximum atomic E-state index is 12.5. The highest BCUT2D eigenvalue weighted by atomic mass is 79.9. The summed E-state index contributed by atoms with van der Waals surface area (Å²) in [5.74, 6) is -0.223. The zero-order valence-electron chi connectivity index (χ0n) is 12.5. The first-order valence-corrected chi connectivity index (χ1v) is 8.07. The molecule has 1 aromatic heterocycles. The lowest BCUT2D eigenvalue weighted by atomic mass is 10.2. The van der Waals surface area contributed by atoms with E-state index in [9.17, 15) is 4.79 Å². The van der Waals surface area contributed by atoms with Crippen molar-refractivity contribution in [3.63, 3.8) is 0 Å². The van der Waals surface area contributed by atoms with Crippen molar-refractivity contribution in [2.45, 2.75) is 0 Å². The van der Waals surface area contributed by atoms with Crippen molar-refractivity contribution in [2.75, 3.05) is 42.3 Å². The molecule has 1 aliphatic heterocycles. The van der Waals surface area contributed by atoms with E-state index in [1.807, 2.05) is 12.1 Å². The number of hydrogen-bond acceptors (Lipinski definition) is 5. The molecule has 1 aliphatic rings. The van der Waals surface area contributed by atoms with E-state index in [4.69, 9.17) is 10.5 Å². The summed E-state index contributed by atoms with van der Waals surface area (Å²) in [7, 11) is 0. The van der Waals surface area contributed by atoms with Crippen molar-refractivity contribution in [1.82, 2.24) is 4.98 Å². The van der Waals surface area contributed by atoms with Crippen LogP contribution in [0.15, 0.2) is 41.1 Å². The third kappa shape index (κ3) is 3.80. The number of amides is 1. The van der Waals surface area contributed by atoms with E-state index >= 15 is 0 Å². The molecule has 120 valence electrons. The second kappa shape index (κ2) is 6.97. The minimum Gasteiger partial charge on any atom is -0.399 e. The van der Waals surface area contributed by atoms with Crippen LogP contribution < -0.4 is 16.0 Å².